The number of amides is 1. The fourth-order valence-corrected chi connectivity index (χ4v) is 1.69. The van der Waals surface area contributed by atoms with E-state index in [1.165, 1.54) is 0 Å². The van der Waals surface area contributed by atoms with Crippen LogP contribution in [0.15, 0.2) is 24.3 Å². The van der Waals surface area contributed by atoms with E-state index in [1.54, 1.807) is 7.11 Å². The number of ether oxygens (including phenoxy) is 2. The maximum absolute atomic E-state index is 11.7. The highest BCUT2D eigenvalue weighted by Gasteiger charge is 2.02. The summed E-state index contributed by atoms with van der Waals surface area (Å²) in [5.41, 5.74) is 7.59. The number of rotatable bonds is 10. The molecule has 0 aliphatic carbocycles. The van der Waals surface area contributed by atoms with Gasteiger partial charge >= 0.3 is 0 Å². The molecule has 1 amide bonds. The van der Waals surface area contributed by atoms with E-state index in [-0.39, 0.29) is 5.91 Å². The third kappa shape index (κ3) is 7.23. The zero-order valence-electron chi connectivity index (χ0n) is 12.1. The van der Waals surface area contributed by atoms with Gasteiger partial charge in [0.15, 0.2) is 0 Å². The van der Waals surface area contributed by atoms with Crippen molar-refractivity contribution in [3.05, 3.63) is 35.4 Å². The lowest BCUT2D eigenvalue weighted by molar-refractivity contribution is -0.120. The highest BCUT2D eigenvalue weighted by molar-refractivity contribution is 5.78. The van der Waals surface area contributed by atoms with Crippen molar-refractivity contribution in [3.63, 3.8) is 0 Å². The van der Waals surface area contributed by atoms with Crippen molar-refractivity contribution in [2.75, 3.05) is 33.5 Å². The Kier molecular flexibility index (Phi) is 8.62. The predicted octanol–water partition coefficient (Wildman–Crippen LogP) is 0.857. The van der Waals surface area contributed by atoms with Crippen LogP contribution in [0.1, 0.15) is 17.5 Å². The first-order valence-corrected chi connectivity index (χ1v) is 6.87. The zero-order valence-corrected chi connectivity index (χ0v) is 12.1. The molecule has 1 aromatic rings. The molecule has 0 aliphatic heterocycles. The first kappa shape index (κ1) is 16.6. The van der Waals surface area contributed by atoms with Gasteiger partial charge in [0, 0.05) is 26.8 Å². The number of nitrogens with two attached hydrogens (primary N) is 1. The van der Waals surface area contributed by atoms with E-state index < -0.39 is 0 Å². The summed E-state index contributed by atoms with van der Waals surface area (Å²) in [6.07, 6.45) is 1.21. The molecule has 0 atom stereocenters. The van der Waals surface area contributed by atoms with Crippen LogP contribution in [-0.4, -0.2) is 39.4 Å². The maximum Gasteiger partial charge on any atom is 0.224 e. The number of hydrogen-bond donors (Lipinski definition) is 2. The first-order valence-electron chi connectivity index (χ1n) is 6.87. The zero-order chi connectivity index (χ0) is 14.6. The van der Waals surface area contributed by atoms with E-state index in [0.717, 1.165) is 17.5 Å². The SMILES string of the molecule is COCCOCCCNC(=O)Cc1ccc(CN)cc1. The Bertz CT molecular complexity index is 379. The van der Waals surface area contributed by atoms with Gasteiger partial charge < -0.3 is 20.5 Å². The van der Waals surface area contributed by atoms with Crippen LogP contribution in [0.4, 0.5) is 0 Å². The van der Waals surface area contributed by atoms with E-state index >= 15 is 0 Å². The molecule has 0 heterocycles. The van der Waals surface area contributed by atoms with Crippen LogP contribution in [0.2, 0.25) is 0 Å². The minimum Gasteiger partial charge on any atom is -0.382 e. The topological polar surface area (TPSA) is 73.6 Å². The third-order valence-corrected chi connectivity index (χ3v) is 2.84. The van der Waals surface area contributed by atoms with Crippen molar-refractivity contribution in [2.45, 2.75) is 19.4 Å². The van der Waals surface area contributed by atoms with Gasteiger partial charge in [0.05, 0.1) is 19.6 Å². The van der Waals surface area contributed by atoms with Crippen LogP contribution < -0.4 is 11.1 Å². The minimum atomic E-state index is 0.0300. The Morgan fingerprint density at radius 1 is 1.15 bits per heavy atom. The van der Waals surface area contributed by atoms with Crippen molar-refractivity contribution in [3.8, 4) is 0 Å². The molecule has 0 aromatic heterocycles. The lowest BCUT2D eigenvalue weighted by Gasteiger charge is -2.06. The summed E-state index contributed by atoms with van der Waals surface area (Å²) in [6, 6.07) is 7.78. The predicted molar refractivity (Wildman–Crippen MR) is 78.4 cm³/mol. The smallest absolute Gasteiger partial charge is 0.224 e. The lowest BCUT2D eigenvalue weighted by Crippen LogP contribution is -2.26. The van der Waals surface area contributed by atoms with Crippen LogP contribution in [0, 0.1) is 0 Å². The molecule has 5 heteroatoms. The molecular formula is C15H24N2O3. The number of carbonyl (C=O) groups excluding carboxylic acids is 1. The van der Waals surface area contributed by atoms with Crippen LogP contribution in [0.3, 0.4) is 0 Å². The molecule has 0 bridgehead atoms. The van der Waals surface area contributed by atoms with Gasteiger partial charge in [0.2, 0.25) is 5.91 Å². The Balaban J connectivity index is 2.10. The molecule has 0 saturated heterocycles. The van der Waals surface area contributed by atoms with E-state index in [4.69, 9.17) is 15.2 Å². The van der Waals surface area contributed by atoms with Crippen molar-refractivity contribution >= 4 is 5.91 Å². The molecule has 1 aromatic carbocycles. The van der Waals surface area contributed by atoms with Crippen LogP contribution in [-0.2, 0) is 27.2 Å². The second-order valence-corrected chi connectivity index (χ2v) is 4.51. The fraction of sp³-hybridized carbons (Fsp3) is 0.533. The average Bonchev–Trinajstić information content (AvgIpc) is 2.47. The van der Waals surface area contributed by atoms with Crippen molar-refractivity contribution in [1.82, 2.24) is 5.32 Å². The van der Waals surface area contributed by atoms with Gasteiger partial charge in [0.1, 0.15) is 0 Å². The molecule has 112 valence electrons. The minimum absolute atomic E-state index is 0.0300. The third-order valence-electron chi connectivity index (χ3n) is 2.84. The summed E-state index contributed by atoms with van der Waals surface area (Å²) >= 11 is 0. The summed E-state index contributed by atoms with van der Waals surface area (Å²) in [7, 11) is 1.64. The van der Waals surface area contributed by atoms with E-state index in [1.807, 2.05) is 24.3 Å². The van der Waals surface area contributed by atoms with Gasteiger partial charge in [-0.15, -0.1) is 0 Å². The fourth-order valence-electron chi connectivity index (χ4n) is 1.69. The molecule has 0 radical (unpaired) electrons. The van der Waals surface area contributed by atoms with Crippen molar-refractivity contribution in [2.24, 2.45) is 5.73 Å². The Morgan fingerprint density at radius 3 is 2.50 bits per heavy atom. The van der Waals surface area contributed by atoms with Gasteiger partial charge in [-0.2, -0.15) is 0 Å². The largest absolute Gasteiger partial charge is 0.382 e. The Labute approximate surface area is 120 Å². The standard InChI is InChI=1S/C15H24N2O3/c1-19-9-10-20-8-2-7-17-15(18)11-13-3-5-14(12-16)6-4-13/h3-6H,2,7-12,16H2,1H3,(H,17,18). The van der Waals surface area contributed by atoms with Gasteiger partial charge in [-0.1, -0.05) is 24.3 Å². The molecule has 0 aliphatic rings. The maximum atomic E-state index is 11.7. The van der Waals surface area contributed by atoms with Gasteiger partial charge in [0.25, 0.3) is 0 Å². The molecule has 0 unspecified atom stereocenters. The molecule has 5 nitrogen and oxygen atoms in total. The Morgan fingerprint density at radius 2 is 1.85 bits per heavy atom. The molecule has 20 heavy (non-hydrogen) atoms. The number of nitrogens with one attached hydrogen (secondary N) is 1. The molecule has 0 saturated carbocycles. The number of hydrogen-bond acceptors (Lipinski definition) is 4. The molecule has 0 fully saturated rings. The highest BCUT2D eigenvalue weighted by Crippen LogP contribution is 2.04. The summed E-state index contributed by atoms with van der Waals surface area (Å²) < 4.78 is 10.2. The quantitative estimate of drug-likeness (QED) is 0.623. The summed E-state index contributed by atoms with van der Waals surface area (Å²) in [5, 5.41) is 2.88. The van der Waals surface area contributed by atoms with Gasteiger partial charge in [-0.05, 0) is 17.5 Å². The number of benzene rings is 1. The first-order chi connectivity index (χ1) is 9.76. The van der Waals surface area contributed by atoms with Crippen LogP contribution in [0.5, 0.6) is 0 Å². The molecule has 1 rings (SSSR count). The second-order valence-electron chi connectivity index (χ2n) is 4.51. The van der Waals surface area contributed by atoms with Crippen molar-refractivity contribution < 1.29 is 14.3 Å². The van der Waals surface area contributed by atoms with E-state index in [2.05, 4.69) is 5.32 Å². The van der Waals surface area contributed by atoms with Crippen molar-refractivity contribution in [1.29, 1.82) is 0 Å². The highest BCUT2D eigenvalue weighted by atomic mass is 16.5. The monoisotopic (exact) mass is 280 g/mol. The summed E-state index contributed by atoms with van der Waals surface area (Å²) in [5.74, 6) is 0.0300. The van der Waals surface area contributed by atoms with Crippen LogP contribution in [0.25, 0.3) is 0 Å². The molecule has 0 spiro atoms. The molecular weight excluding hydrogens is 256 g/mol. The van der Waals surface area contributed by atoms with E-state index in [9.17, 15) is 4.79 Å². The van der Waals surface area contributed by atoms with Gasteiger partial charge in [-0.25, -0.2) is 0 Å². The van der Waals surface area contributed by atoms with Crippen LogP contribution >= 0.6 is 0 Å². The molecule has 3 N–H and O–H groups in total. The summed E-state index contributed by atoms with van der Waals surface area (Å²) in [6.45, 7) is 2.99. The van der Waals surface area contributed by atoms with Gasteiger partial charge in [-0.3, -0.25) is 4.79 Å². The lowest BCUT2D eigenvalue weighted by atomic mass is 10.1. The number of carbonyl (C=O) groups is 1. The second kappa shape index (κ2) is 10.4. The normalized spacial score (nSPS) is 10.5. The Hall–Kier alpha value is -1.43. The number of methoxy groups -OCH3 is 1. The van der Waals surface area contributed by atoms with E-state index in [0.29, 0.717) is 39.3 Å². The average molecular weight is 280 g/mol. The summed E-state index contributed by atoms with van der Waals surface area (Å²) in [4.78, 5) is 11.7.